The maximum atomic E-state index is 11.6. The Morgan fingerprint density at radius 2 is 2.12 bits per heavy atom. The number of rotatable bonds is 1. The van der Waals surface area contributed by atoms with Crippen molar-refractivity contribution in [2.75, 3.05) is 0 Å². The molecule has 3 rings (SSSR count). The standard InChI is InChI=1S/C11H8ClN3OS/c12-9-5-14-11(17-9)10-13-4-6-7(15-10)2-1-3-8(6)16/h4-5H,1-3H2. The molecule has 0 fully saturated rings. The topological polar surface area (TPSA) is 55.7 Å². The summed E-state index contributed by atoms with van der Waals surface area (Å²) in [5.74, 6) is 0.685. The average molecular weight is 266 g/mol. The molecule has 0 amide bonds. The number of hydrogen-bond donors (Lipinski definition) is 0. The summed E-state index contributed by atoms with van der Waals surface area (Å²) in [6.45, 7) is 0. The number of hydrogen-bond acceptors (Lipinski definition) is 5. The molecule has 4 nitrogen and oxygen atoms in total. The Bertz CT molecular complexity index is 596. The van der Waals surface area contributed by atoms with Gasteiger partial charge in [-0.3, -0.25) is 4.79 Å². The maximum absolute atomic E-state index is 11.6. The first-order valence-electron chi connectivity index (χ1n) is 5.25. The van der Waals surface area contributed by atoms with Crippen LogP contribution in [0.1, 0.15) is 28.9 Å². The summed E-state index contributed by atoms with van der Waals surface area (Å²) in [6, 6.07) is 0. The van der Waals surface area contributed by atoms with Crippen LogP contribution >= 0.6 is 22.9 Å². The molecule has 2 aromatic rings. The molecule has 1 aliphatic rings. The molecule has 1 aliphatic carbocycles. The highest BCUT2D eigenvalue weighted by molar-refractivity contribution is 7.18. The fourth-order valence-electron chi connectivity index (χ4n) is 1.85. The maximum Gasteiger partial charge on any atom is 0.189 e. The summed E-state index contributed by atoms with van der Waals surface area (Å²) in [7, 11) is 0. The molecule has 2 heterocycles. The molecular weight excluding hydrogens is 258 g/mol. The molecule has 0 unspecified atom stereocenters. The summed E-state index contributed by atoms with van der Waals surface area (Å²) in [5.41, 5.74) is 1.49. The predicted molar refractivity (Wildman–Crippen MR) is 65.4 cm³/mol. The molecule has 17 heavy (non-hydrogen) atoms. The molecule has 0 spiro atoms. The first kappa shape index (κ1) is 10.8. The number of aryl methyl sites for hydroxylation is 1. The van der Waals surface area contributed by atoms with Gasteiger partial charge in [0.2, 0.25) is 0 Å². The van der Waals surface area contributed by atoms with Crippen LogP contribution in [0.5, 0.6) is 0 Å². The second kappa shape index (κ2) is 4.16. The lowest BCUT2D eigenvalue weighted by atomic mass is 9.96. The SMILES string of the molecule is O=C1CCCc2nc(-c3ncc(Cl)s3)ncc21. The molecule has 6 heteroatoms. The molecule has 0 bridgehead atoms. The Hall–Kier alpha value is -1.33. The van der Waals surface area contributed by atoms with Crippen LogP contribution in [0.3, 0.4) is 0 Å². The number of fused-ring (bicyclic) bond motifs is 1. The van der Waals surface area contributed by atoms with Gasteiger partial charge in [-0.2, -0.15) is 0 Å². The van der Waals surface area contributed by atoms with Crippen molar-refractivity contribution in [3.63, 3.8) is 0 Å². The van der Waals surface area contributed by atoms with Crippen molar-refractivity contribution in [2.45, 2.75) is 19.3 Å². The van der Waals surface area contributed by atoms with Gasteiger partial charge in [0.25, 0.3) is 0 Å². The van der Waals surface area contributed by atoms with Crippen molar-refractivity contribution in [3.8, 4) is 10.8 Å². The summed E-state index contributed by atoms with van der Waals surface area (Å²) < 4.78 is 0.609. The van der Waals surface area contributed by atoms with E-state index < -0.39 is 0 Å². The van der Waals surface area contributed by atoms with E-state index in [1.807, 2.05) is 0 Å². The Kier molecular flexibility index (Phi) is 2.64. The molecule has 0 saturated heterocycles. The Morgan fingerprint density at radius 3 is 2.88 bits per heavy atom. The van der Waals surface area contributed by atoms with Crippen molar-refractivity contribution in [1.29, 1.82) is 0 Å². The van der Waals surface area contributed by atoms with Crippen molar-refractivity contribution in [3.05, 3.63) is 28.0 Å². The molecule has 0 aliphatic heterocycles. The van der Waals surface area contributed by atoms with Crippen molar-refractivity contribution >= 4 is 28.7 Å². The van der Waals surface area contributed by atoms with Crippen molar-refractivity contribution in [2.24, 2.45) is 0 Å². The molecule has 0 atom stereocenters. The van der Waals surface area contributed by atoms with Crippen LogP contribution < -0.4 is 0 Å². The number of ketones is 1. The minimum absolute atomic E-state index is 0.134. The van der Waals surface area contributed by atoms with Gasteiger partial charge >= 0.3 is 0 Å². The highest BCUT2D eigenvalue weighted by atomic mass is 35.5. The smallest absolute Gasteiger partial charge is 0.189 e. The van der Waals surface area contributed by atoms with Gasteiger partial charge in [-0.1, -0.05) is 22.9 Å². The van der Waals surface area contributed by atoms with E-state index in [0.29, 0.717) is 27.2 Å². The van der Waals surface area contributed by atoms with Crippen LogP contribution in [0.25, 0.3) is 10.8 Å². The van der Waals surface area contributed by atoms with E-state index in [2.05, 4.69) is 15.0 Å². The molecule has 2 aromatic heterocycles. The van der Waals surface area contributed by atoms with Crippen LogP contribution in [-0.2, 0) is 6.42 Å². The third-order valence-corrected chi connectivity index (χ3v) is 3.77. The quantitative estimate of drug-likeness (QED) is 0.796. The van der Waals surface area contributed by atoms with Gasteiger partial charge in [0.15, 0.2) is 16.6 Å². The average Bonchev–Trinajstić information content (AvgIpc) is 2.76. The fraction of sp³-hybridized carbons (Fsp3) is 0.273. The number of halogens is 1. The predicted octanol–water partition coefficient (Wildman–Crippen LogP) is 2.77. The number of carbonyl (C=O) groups excluding carboxylic acids is 1. The second-order valence-corrected chi connectivity index (χ2v) is 5.46. The van der Waals surface area contributed by atoms with Gasteiger partial charge < -0.3 is 0 Å². The Morgan fingerprint density at radius 1 is 1.24 bits per heavy atom. The van der Waals surface area contributed by atoms with Gasteiger partial charge in [-0.05, 0) is 12.8 Å². The summed E-state index contributed by atoms with van der Waals surface area (Å²) >= 11 is 7.16. The third-order valence-electron chi connectivity index (χ3n) is 2.65. The molecular formula is C11H8ClN3OS. The highest BCUT2D eigenvalue weighted by Gasteiger charge is 2.20. The second-order valence-electron chi connectivity index (χ2n) is 3.80. The first-order chi connectivity index (χ1) is 8.24. The van der Waals surface area contributed by atoms with E-state index in [4.69, 9.17) is 11.6 Å². The minimum Gasteiger partial charge on any atom is -0.294 e. The summed E-state index contributed by atoms with van der Waals surface area (Å²) in [5, 5.41) is 0.691. The molecule has 0 aromatic carbocycles. The Labute approximate surface area is 107 Å². The van der Waals surface area contributed by atoms with E-state index in [1.54, 1.807) is 12.4 Å². The Balaban J connectivity index is 2.06. The molecule has 0 N–H and O–H groups in total. The van der Waals surface area contributed by atoms with Crippen molar-refractivity contribution < 1.29 is 4.79 Å². The van der Waals surface area contributed by atoms with Crippen LogP contribution in [0.2, 0.25) is 4.34 Å². The van der Waals surface area contributed by atoms with Gasteiger partial charge in [-0.25, -0.2) is 15.0 Å². The van der Waals surface area contributed by atoms with Gasteiger partial charge in [0.1, 0.15) is 4.34 Å². The molecule has 86 valence electrons. The van der Waals surface area contributed by atoms with Crippen LogP contribution in [0, 0.1) is 0 Å². The lowest BCUT2D eigenvalue weighted by molar-refractivity contribution is 0.0971. The van der Waals surface area contributed by atoms with Crippen LogP contribution in [0.15, 0.2) is 12.4 Å². The van der Waals surface area contributed by atoms with Crippen LogP contribution in [0.4, 0.5) is 0 Å². The third kappa shape index (κ3) is 1.96. The number of Topliss-reactive ketones (excluding diaryl/α,β-unsaturated/α-hetero) is 1. The van der Waals surface area contributed by atoms with Gasteiger partial charge in [0.05, 0.1) is 17.5 Å². The largest absolute Gasteiger partial charge is 0.294 e. The highest BCUT2D eigenvalue weighted by Crippen LogP contribution is 2.27. The lowest BCUT2D eigenvalue weighted by Gasteiger charge is -2.12. The zero-order valence-electron chi connectivity index (χ0n) is 8.81. The van der Waals surface area contributed by atoms with E-state index in [-0.39, 0.29) is 5.78 Å². The van der Waals surface area contributed by atoms with Crippen LogP contribution in [-0.4, -0.2) is 20.7 Å². The summed E-state index contributed by atoms with van der Waals surface area (Å²) in [6.07, 6.45) is 5.47. The van der Waals surface area contributed by atoms with E-state index in [9.17, 15) is 4.79 Å². The van der Waals surface area contributed by atoms with Gasteiger partial charge in [0, 0.05) is 12.6 Å². The number of thiazole rings is 1. The number of carbonyl (C=O) groups is 1. The van der Waals surface area contributed by atoms with E-state index >= 15 is 0 Å². The molecule has 0 radical (unpaired) electrons. The lowest BCUT2D eigenvalue weighted by Crippen LogP contribution is -2.13. The minimum atomic E-state index is 0.134. The van der Waals surface area contributed by atoms with E-state index in [1.165, 1.54) is 11.3 Å². The van der Waals surface area contributed by atoms with Crippen molar-refractivity contribution in [1.82, 2.24) is 15.0 Å². The zero-order chi connectivity index (χ0) is 11.8. The number of aromatic nitrogens is 3. The van der Waals surface area contributed by atoms with Gasteiger partial charge in [-0.15, -0.1) is 0 Å². The number of nitrogens with zero attached hydrogens (tertiary/aromatic N) is 3. The fourth-order valence-corrected chi connectivity index (χ4v) is 2.71. The zero-order valence-corrected chi connectivity index (χ0v) is 10.4. The van der Waals surface area contributed by atoms with E-state index in [0.717, 1.165) is 18.5 Å². The first-order valence-corrected chi connectivity index (χ1v) is 6.44. The molecule has 0 saturated carbocycles. The summed E-state index contributed by atoms with van der Waals surface area (Å²) in [4.78, 5) is 24.3. The normalized spacial score (nSPS) is 14.8. The monoisotopic (exact) mass is 265 g/mol.